The lowest BCUT2D eigenvalue weighted by molar-refractivity contribution is 0.124. The quantitative estimate of drug-likeness (QED) is 0.719. The zero-order valence-corrected chi connectivity index (χ0v) is 9.95. The average molecular weight is 212 g/mol. The van der Waals surface area contributed by atoms with Gasteiger partial charge in [-0.25, -0.2) is 0 Å². The fraction of sp³-hybridized carbons (Fsp3) is 1.00. The Kier molecular flexibility index (Phi) is 3.65. The van der Waals surface area contributed by atoms with Gasteiger partial charge in [0.15, 0.2) is 0 Å². The fourth-order valence-corrected chi connectivity index (χ4v) is 3.02. The molecule has 0 bridgehead atoms. The van der Waals surface area contributed by atoms with Crippen molar-refractivity contribution in [2.24, 2.45) is 11.8 Å². The van der Waals surface area contributed by atoms with Crippen LogP contribution in [0.2, 0.25) is 0 Å². The molecule has 0 spiro atoms. The van der Waals surface area contributed by atoms with Crippen LogP contribution >= 0.6 is 0 Å². The maximum Gasteiger partial charge on any atom is 0.0583 e. The van der Waals surface area contributed by atoms with Crippen molar-refractivity contribution in [3.63, 3.8) is 0 Å². The van der Waals surface area contributed by atoms with Crippen molar-refractivity contribution >= 4 is 0 Å². The maximum atomic E-state index is 9.79. The largest absolute Gasteiger partial charge is 0.393 e. The highest BCUT2D eigenvalue weighted by atomic mass is 16.3. The van der Waals surface area contributed by atoms with Crippen molar-refractivity contribution in [1.29, 1.82) is 0 Å². The molecule has 88 valence electrons. The summed E-state index contributed by atoms with van der Waals surface area (Å²) in [5.74, 6) is 1.35. The van der Waals surface area contributed by atoms with Crippen LogP contribution in [0.25, 0.3) is 0 Å². The van der Waals surface area contributed by atoms with Gasteiger partial charge < -0.3 is 15.3 Å². The number of rotatable bonds is 4. The van der Waals surface area contributed by atoms with Crippen LogP contribution in [0, 0.1) is 11.8 Å². The van der Waals surface area contributed by atoms with E-state index in [1.807, 2.05) is 0 Å². The summed E-state index contributed by atoms with van der Waals surface area (Å²) in [5.41, 5.74) is 0. The van der Waals surface area contributed by atoms with Gasteiger partial charge in [-0.2, -0.15) is 0 Å². The topological polar surface area (TPSA) is 35.5 Å². The summed E-state index contributed by atoms with van der Waals surface area (Å²) in [6, 6.07) is 0.581. The van der Waals surface area contributed by atoms with E-state index in [0.717, 1.165) is 32.0 Å². The maximum absolute atomic E-state index is 9.79. The number of nitrogens with zero attached hydrogens (tertiary/aromatic N) is 1. The average Bonchev–Trinajstić information content (AvgIpc) is 2.69. The highest BCUT2D eigenvalue weighted by Gasteiger charge is 2.41. The molecule has 1 heterocycles. The summed E-state index contributed by atoms with van der Waals surface area (Å²) in [4.78, 5) is 2.51. The lowest BCUT2D eigenvalue weighted by Gasteiger charge is -2.19. The van der Waals surface area contributed by atoms with Crippen LogP contribution < -0.4 is 5.32 Å². The van der Waals surface area contributed by atoms with E-state index in [9.17, 15) is 5.11 Å². The van der Waals surface area contributed by atoms with Gasteiger partial charge in [0, 0.05) is 38.1 Å². The second-order valence-corrected chi connectivity index (χ2v) is 5.44. The van der Waals surface area contributed by atoms with Crippen molar-refractivity contribution in [2.45, 2.75) is 38.8 Å². The van der Waals surface area contributed by atoms with E-state index in [-0.39, 0.29) is 6.10 Å². The minimum Gasteiger partial charge on any atom is -0.393 e. The van der Waals surface area contributed by atoms with Gasteiger partial charge in [-0.1, -0.05) is 13.8 Å². The standard InChI is InChI=1S/C12H24N2O/c1-9(2)13-5-6-14-7-10-3-4-12(15)11(10)8-14/h9-13,15H,3-8H2,1-2H3. The summed E-state index contributed by atoms with van der Waals surface area (Å²) >= 11 is 0. The van der Waals surface area contributed by atoms with Gasteiger partial charge in [-0.15, -0.1) is 0 Å². The van der Waals surface area contributed by atoms with E-state index in [4.69, 9.17) is 0 Å². The molecule has 1 saturated carbocycles. The molecular formula is C12H24N2O. The van der Waals surface area contributed by atoms with Crippen LogP contribution in [-0.4, -0.2) is 48.3 Å². The summed E-state index contributed by atoms with van der Waals surface area (Å²) < 4.78 is 0. The number of likely N-dealkylation sites (tertiary alicyclic amines) is 1. The first-order valence-electron chi connectivity index (χ1n) is 6.30. The van der Waals surface area contributed by atoms with Gasteiger partial charge in [-0.05, 0) is 18.8 Å². The second kappa shape index (κ2) is 4.81. The highest BCUT2D eigenvalue weighted by Crippen LogP contribution is 2.37. The van der Waals surface area contributed by atoms with Gasteiger partial charge >= 0.3 is 0 Å². The normalized spacial score (nSPS) is 36.4. The molecule has 1 aliphatic carbocycles. The first-order valence-corrected chi connectivity index (χ1v) is 6.30. The van der Waals surface area contributed by atoms with Crippen LogP contribution in [0.4, 0.5) is 0 Å². The van der Waals surface area contributed by atoms with E-state index in [0.29, 0.717) is 12.0 Å². The van der Waals surface area contributed by atoms with Crippen molar-refractivity contribution in [2.75, 3.05) is 26.2 Å². The molecule has 1 aliphatic heterocycles. The fourth-order valence-electron chi connectivity index (χ4n) is 3.02. The lowest BCUT2D eigenvalue weighted by atomic mass is 10.00. The molecule has 3 nitrogen and oxygen atoms in total. The van der Waals surface area contributed by atoms with Gasteiger partial charge in [0.2, 0.25) is 0 Å². The van der Waals surface area contributed by atoms with Gasteiger partial charge in [0.25, 0.3) is 0 Å². The third kappa shape index (κ3) is 2.71. The zero-order valence-electron chi connectivity index (χ0n) is 9.95. The Morgan fingerprint density at radius 3 is 2.80 bits per heavy atom. The van der Waals surface area contributed by atoms with Crippen LogP contribution in [0.15, 0.2) is 0 Å². The molecule has 2 fully saturated rings. The summed E-state index contributed by atoms with van der Waals surface area (Å²) in [7, 11) is 0. The Labute approximate surface area is 92.8 Å². The monoisotopic (exact) mass is 212 g/mol. The van der Waals surface area contributed by atoms with Crippen molar-refractivity contribution < 1.29 is 5.11 Å². The van der Waals surface area contributed by atoms with E-state index < -0.39 is 0 Å². The smallest absolute Gasteiger partial charge is 0.0583 e. The molecular weight excluding hydrogens is 188 g/mol. The molecule has 0 aromatic carbocycles. The number of hydrogen-bond acceptors (Lipinski definition) is 3. The second-order valence-electron chi connectivity index (χ2n) is 5.44. The summed E-state index contributed by atoms with van der Waals surface area (Å²) in [5, 5.41) is 13.2. The van der Waals surface area contributed by atoms with Crippen molar-refractivity contribution in [3.8, 4) is 0 Å². The predicted octanol–water partition coefficient (Wildman–Crippen LogP) is 0.687. The Balaban J connectivity index is 1.69. The van der Waals surface area contributed by atoms with Gasteiger partial charge in [0.05, 0.1) is 6.10 Å². The molecule has 3 atom stereocenters. The Morgan fingerprint density at radius 1 is 1.33 bits per heavy atom. The number of aliphatic hydroxyl groups is 1. The van der Waals surface area contributed by atoms with Crippen molar-refractivity contribution in [1.82, 2.24) is 10.2 Å². The SMILES string of the molecule is CC(C)NCCN1CC2CCC(O)C2C1. The number of aliphatic hydroxyl groups excluding tert-OH is 1. The first kappa shape index (κ1) is 11.4. The van der Waals surface area contributed by atoms with Crippen molar-refractivity contribution in [3.05, 3.63) is 0 Å². The minimum atomic E-state index is -0.0157. The number of hydrogen-bond donors (Lipinski definition) is 2. The summed E-state index contributed by atoms with van der Waals surface area (Å²) in [6.45, 7) is 8.91. The van der Waals surface area contributed by atoms with E-state index in [2.05, 4.69) is 24.1 Å². The highest BCUT2D eigenvalue weighted by molar-refractivity contribution is 4.93. The van der Waals surface area contributed by atoms with E-state index in [1.54, 1.807) is 0 Å². The molecule has 0 amide bonds. The van der Waals surface area contributed by atoms with Crippen LogP contribution in [-0.2, 0) is 0 Å². The summed E-state index contributed by atoms with van der Waals surface area (Å²) in [6.07, 6.45) is 2.26. The predicted molar refractivity (Wildman–Crippen MR) is 61.8 cm³/mol. The molecule has 3 heteroatoms. The molecule has 2 aliphatic rings. The van der Waals surface area contributed by atoms with Gasteiger partial charge in [0.1, 0.15) is 0 Å². The lowest BCUT2D eigenvalue weighted by Crippen LogP contribution is -2.34. The third-order valence-electron chi connectivity index (χ3n) is 3.88. The molecule has 0 radical (unpaired) electrons. The van der Waals surface area contributed by atoms with Crippen LogP contribution in [0.1, 0.15) is 26.7 Å². The number of nitrogens with one attached hydrogen (secondary N) is 1. The molecule has 15 heavy (non-hydrogen) atoms. The van der Waals surface area contributed by atoms with E-state index >= 15 is 0 Å². The van der Waals surface area contributed by atoms with Crippen LogP contribution in [0.3, 0.4) is 0 Å². The Morgan fingerprint density at radius 2 is 2.13 bits per heavy atom. The first-order chi connectivity index (χ1) is 7.16. The third-order valence-corrected chi connectivity index (χ3v) is 3.88. The minimum absolute atomic E-state index is 0.0157. The number of fused-ring (bicyclic) bond motifs is 1. The molecule has 2 rings (SSSR count). The molecule has 0 aromatic heterocycles. The molecule has 1 saturated heterocycles. The Hall–Kier alpha value is -0.120. The molecule has 0 aromatic rings. The molecule has 3 unspecified atom stereocenters. The zero-order chi connectivity index (χ0) is 10.8. The van der Waals surface area contributed by atoms with Crippen LogP contribution in [0.5, 0.6) is 0 Å². The van der Waals surface area contributed by atoms with E-state index in [1.165, 1.54) is 13.0 Å². The molecule has 2 N–H and O–H groups in total. The van der Waals surface area contributed by atoms with Gasteiger partial charge in [-0.3, -0.25) is 0 Å². The Bertz CT molecular complexity index is 208.